The summed E-state index contributed by atoms with van der Waals surface area (Å²) in [5, 5.41) is 0. The Morgan fingerprint density at radius 2 is 1.94 bits per heavy atom. The first-order valence-corrected chi connectivity index (χ1v) is 5.72. The minimum atomic E-state index is 0.102. The number of rotatable bonds is 4. The van der Waals surface area contributed by atoms with Crippen molar-refractivity contribution in [2.24, 2.45) is 5.84 Å². The summed E-state index contributed by atoms with van der Waals surface area (Å²) in [6, 6.07) is 14.4. The maximum absolute atomic E-state index is 5.61. The smallest absolute Gasteiger partial charge is 0.0515 e. The van der Waals surface area contributed by atoms with Crippen LogP contribution in [0.4, 0.5) is 0 Å². The molecule has 2 aromatic rings. The van der Waals surface area contributed by atoms with Crippen molar-refractivity contribution in [2.75, 3.05) is 0 Å². The Balaban J connectivity index is 2.14. The molecule has 1 heterocycles. The van der Waals surface area contributed by atoms with Gasteiger partial charge in [0, 0.05) is 18.3 Å². The maximum Gasteiger partial charge on any atom is 0.0515 e. The van der Waals surface area contributed by atoms with Gasteiger partial charge >= 0.3 is 0 Å². The van der Waals surface area contributed by atoms with Crippen molar-refractivity contribution >= 4 is 0 Å². The molecule has 1 unspecified atom stereocenters. The normalized spacial score (nSPS) is 12.4. The molecule has 2 rings (SSSR count). The molecule has 17 heavy (non-hydrogen) atoms. The predicted octanol–water partition coefficient (Wildman–Crippen LogP) is 2.14. The van der Waals surface area contributed by atoms with E-state index in [1.165, 1.54) is 11.1 Å². The van der Waals surface area contributed by atoms with E-state index >= 15 is 0 Å². The zero-order valence-corrected chi connectivity index (χ0v) is 9.93. The number of nitrogens with one attached hydrogen (secondary N) is 1. The zero-order valence-electron chi connectivity index (χ0n) is 9.93. The summed E-state index contributed by atoms with van der Waals surface area (Å²) in [6.07, 6.45) is 2.60. The molecule has 0 spiro atoms. The van der Waals surface area contributed by atoms with Gasteiger partial charge in [-0.25, -0.2) is 0 Å². The van der Waals surface area contributed by atoms with Gasteiger partial charge in [0.2, 0.25) is 0 Å². The SMILES string of the molecule is Cc1ccc(C(Cc2ccccn2)NN)cc1. The highest BCUT2D eigenvalue weighted by Gasteiger charge is 2.10. The summed E-state index contributed by atoms with van der Waals surface area (Å²) in [4.78, 5) is 4.31. The van der Waals surface area contributed by atoms with Crippen molar-refractivity contribution in [3.05, 3.63) is 65.5 Å². The third kappa shape index (κ3) is 3.12. The van der Waals surface area contributed by atoms with Gasteiger partial charge in [0.05, 0.1) is 6.04 Å². The summed E-state index contributed by atoms with van der Waals surface area (Å²) in [5.74, 6) is 5.61. The van der Waals surface area contributed by atoms with E-state index in [0.717, 1.165) is 12.1 Å². The maximum atomic E-state index is 5.61. The van der Waals surface area contributed by atoms with Crippen LogP contribution in [0.3, 0.4) is 0 Å². The van der Waals surface area contributed by atoms with Gasteiger partial charge in [-0.1, -0.05) is 35.9 Å². The van der Waals surface area contributed by atoms with E-state index in [9.17, 15) is 0 Å². The van der Waals surface area contributed by atoms with E-state index < -0.39 is 0 Å². The largest absolute Gasteiger partial charge is 0.271 e. The molecule has 1 atom stereocenters. The first-order chi connectivity index (χ1) is 8.29. The second-order valence-corrected chi connectivity index (χ2v) is 4.16. The van der Waals surface area contributed by atoms with Gasteiger partial charge in [0.1, 0.15) is 0 Å². The van der Waals surface area contributed by atoms with Crippen LogP contribution in [-0.2, 0) is 6.42 Å². The van der Waals surface area contributed by atoms with Crippen molar-refractivity contribution in [1.82, 2.24) is 10.4 Å². The van der Waals surface area contributed by atoms with E-state index in [-0.39, 0.29) is 6.04 Å². The molecule has 0 aliphatic heterocycles. The second kappa shape index (κ2) is 5.57. The molecule has 88 valence electrons. The van der Waals surface area contributed by atoms with Gasteiger partial charge in [-0.15, -0.1) is 0 Å². The number of aromatic nitrogens is 1. The van der Waals surface area contributed by atoms with Crippen LogP contribution >= 0.6 is 0 Å². The molecular weight excluding hydrogens is 210 g/mol. The van der Waals surface area contributed by atoms with E-state index in [2.05, 4.69) is 41.6 Å². The third-order valence-corrected chi connectivity index (χ3v) is 2.82. The Labute approximate surface area is 102 Å². The lowest BCUT2D eigenvalue weighted by atomic mass is 10.0. The summed E-state index contributed by atoms with van der Waals surface area (Å²) < 4.78 is 0. The molecule has 3 nitrogen and oxygen atoms in total. The number of hydrogen-bond acceptors (Lipinski definition) is 3. The number of hydrazine groups is 1. The van der Waals surface area contributed by atoms with Crippen LogP contribution in [0, 0.1) is 6.92 Å². The Morgan fingerprint density at radius 1 is 1.18 bits per heavy atom. The van der Waals surface area contributed by atoms with Gasteiger partial charge in [-0.3, -0.25) is 16.3 Å². The van der Waals surface area contributed by atoms with Crippen LogP contribution in [-0.4, -0.2) is 4.98 Å². The fourth-order valence-electron chi connectivity index (χ4n) is 1.80. The van der Waals surface area contributed by atoms with Crippen LogP contribution in [0.15, 0.2) is 48.7 Å². The quantitative estimate of drug-likeness (QED) is 0.621. The first kappa shape index (κ1) is 11.8. The molecular formula is C14H17N3. The second-order valence-electron chi connectivity index (χ2n) is 4.16. The van der Waals surface area contributed by atoms with Crippen molar-refractivity contribution in [2.45, 2.75) is 19.4 Å². The lowest BCUT2D eigenvalue weighted by Crippen LogP contribution is -2.29. The number of aryl methyl sites for hydroxylation is 1. The highest BCUT2D eigenvalue weighted by Crippen LogP contribution is 2.17. The van der Waals surface area contributed by atoms with Crippen LogP contribution in [0.25, 0.3) is 0 Å². The molecule has 0 bridgehead atoms. The van der Waals surface area contributed by atoms with Crippen LogP contribution in [0.1, 0.15) is 22.9 Å². The molecule has 3 heteroatoms. The topological polar surface area (TPSA) is 50.9 Å². The molecule has 3 N–H and O–H groups in total. The number of nitrogens with zero attached hydrogens (tertiary/aromatic N) is 1. The molecule has 0 saturated carbocycles. The summed E-state index contributed by atoms with van der Waals surface area (Å²) >= 11 is 0. The van der Waals surface area contributed by atoms with Crippen LogP contribution < -0.4 is 11.3 Å². The lowest BCUT2D eigenvalue weighted by Gasteiger charge is -2.16. The van der Waals surface area contributed by atoms with Gasteiger partial charge in [0.15, 0.2) is 0 Å². The average molecular weight is 227 g/mol. The highest BCUT2D eigenvalue weighted by atomic mass is 15.2. The fraction of sp³-hybridized carbons (Fsp3) is 0.214. The Bertz CT molecular complexity index is 451. The summed E-state index contributed by atoms with van der Waals surface area (Å²) in [6.45, 7) is 2.08. The number of benzene rings is 1. The predicted molar refractivity (Wildman–Crippen MR) is 69.2 cm³/mol. The minimum Gasteiger partial charge on any atom is -0.271 e. The van der Waals surface area contributed by atoms with Crippen LogP contribution in [0.2, 0.25) is 0 Å². The van der Waals surface area contributed by atoms with Crippen molar-refractivity contribution in [3.63, 3.8) is 0 Å². The molecule has 0 fully saturated rings. The third-order valence-electron chi connectivity index (χ3n) is 2.82. The van der Waals surface area contributed by atoms with Crippen LogP contribution in [0.5, 0.6) is 0 Å². The monoisotopic (exact) mass is 227 g/mol. The van der Waals surface area contributed by atoms with E-state index in [1.54, 1.807) is 6.20 Å². The molecule has 0 amide bonds. The molecule has 0 radical (unpaired) electrons. The van der Waals surface area contributed by atoms with Gasteiger partial charge < -0.3 is 0 Å². The molecule has 0 saturated heterocycles. The van der Waals surface area contributed by atoms with E-state index in [4.69, 9.17) is 5.84 Å². The Morgan fingerprint density at radius 3 is 2.53 bits per heavy atom. The fourth-order valence-corrected chi connectivity index (χ4v) is 1.80. The summed E-state index contributed by atoms with van der Waals surface area (Å²) in [7, 11) is 0. The standard InChI is InChI=1S/C14H17N3/c1-11-5-7-12(8-6-11)14(17-15)10-13-4-2-3-9-16-13/h2-9,14,17H,10,15H2,1H3. The Kier molecular flexibility index (Phi) is 3.85. The first-order valence-electron chi connectivity index (χ1n) is 5.72. The van der Waals surface area contributed by atoms with E-state index in [1.807, 2.05) is 18.2 Å². The molecule has 0 aliphatic rings. The Hall–Kier alpha value is -1.71. The van der Waals surface area contributed by atoms with Crippen molar-refractivity contribution in [1.29, 1.82) is 0 Å². The van der Waals surface area contributed by atoms with Gasteiger partial charge in [0.25, 0.3) is 0 Å². The summed E-state index contributed by atoms with van der Waals surface area (Å²) in [5.41, 5.74) is 6.32. The lowest BCUT2D eigenvalue weighted by molar-refractivity contribution is 0.546. The molecule has 1 aromatic heterocycles. The zero-order chi connectivity index (χ0) is 12.1. The minimum absolute atomic E-state index is 0.102. The number of nitrogens with two attached hydrogens (primary N) is 1. The van der Waals surface area contributed by atoms with Gasteiger partial charge in [-0.05, 0) is 24.6 Å². The van der Waals surface area contributed by atoms with Crippen molar-refractivity contribution < 1.29 is 0 Å². The number of pyridine rings is 1. The average Bonchev–Trinajstić information content (AvgIpc) is 2.38. The molecule has 0 aliphatic carbocycles. The van der Waals surface area contributed by atoms with E-state index in [0.29, 0.717) is 0 Å². The number of hydrogen-bond donors (Lipinski definition) is 2. The van der Waals surface area contributed by atoms with Gasteiger partial charge in [-0.2, -0.15) is 0 Å². The highest BCUT2D eigenvalue weighted by molar-refractivity contribution is 5.25. The van der Waals surface area contributed by atoms with Crippen molar-refractivity contribution in [3.8, 4) is 0 Å². The molecule has 1 aromatic carbocycles.